The van der Waals surface area contributed by atoms with Gasteiger partial charge in [0.05, 0.1) is 11.3 Å². The molecule has 1 aromatic rings. The molecular weight excluding hydrogens is 277 g/mol. The molecule has 0 aliphatic carbocycles. The second-order valence-corrected chi connectivity index (χ2v) is 4.22. The predicted molar refractivity (Wildman–Crippen MR) is 68.8 cm³/mol. The lowest BCUT2D eigenvalue weighted by molar-refractivity contribution is -0.384. The quantitative estimate of drug-likeness (QED) is 0.621. The van der Waals surface area contributed by atoms with Crippen molar-refractivity contribution in [3.63, 3.8) is 0 Å². The van der Waals surface area contributed by atoms with E-state index in [1.165, 1.54) is 19.1 Å². The number of pyridine rings is 1. The summed E-state index contributed by atoms with van der Waals surface area (Å²) in [7, 11) is 0. The number of nitrogens with one attached hydrogen (secondary N) is 2. The number of nitro groups is 1. The fourth-order valence-electron chi connectivity index (χ4n) is 1.62. The molecule has 1 heterocycles. The van der Waals surface area contributed by atoms with Gasteiger partial charge in [-0.2, -0.15) is 13.2 Å². The molecule has 112 valence electrons. The molecule has 1 rings (SSSR count). The normalized spacial score (nSPS) is 12.8. The fourth-order valence-corrected chi connectivity index (χ4v) is 1.62. The summed E-state index contributed by atoms with van der Waals surface area (Å²) in [5.41, 5.74) is -0.360. The van der Waals surface area contributed by atoms with Crippen LogP contribution in [0.4, 0.5) is 30.5 Å². The second kappa shape index (κ2) is 6.40. The molecule has 0 aliphatic rings. The molecule has 0 radical (unpaired) electrons. The van der Waals surface area contributed by atoms with E-state index in [9.17, 15) is 23.3 Å². The minimum atomic E-state index is -4.35. The SMILES string of the molecule is CCNc1ccc([N+](=O)[O-])c(NC(C)CC(F)(F)F)n1. The van der Waals surface area contributed by atoms with Crippen LogP contribution in [0.5, 0.6) is 0 Å². The van der Waals surface area contributed by atoms with Crippen LogP contribution < -0.4 is 10.6 Å². The van der Waals surface area contributed by atoms with Crippen LogP contribution in [-0.4, -0.2) is 28.7 Å². The van der Waals surface area contributed by atoms with Crippen molar-refractivity contribution < 1.29 is 18.1 Å². The molecule has 1 unspecified atom stereocenters. The Hall–Kier alpha value is -2.06. The van der Waals surface area contributed by atoms with Crippen molar-refractivity contribution in [2.24, 2.45) is 0 Å². The van der Waals surface area contributed by atoms with Crippen LogP contribution in [-0.2, 0) is 0 Å². The molecule has 2 N–H and O–H groups in total. The third-order valence-corrected chi connectivity index (χ3v) is 2.35. The van der Waals surface area contributed by atoms with Crippen molar-refractivity contribution in [2.45, 2.75) is 32.5 Å². The number of halogens is 3. The first-order valence-electron chi connectivity index (χ1n) is 5.95. The van der Waals surface area contributed by atoms with E-state index in [-0.39, 0.29) is 11.5 Å². The van der Waals surface area contributed by atoms with Crippen molar-refractivity contribution in [3.8, 4) is 0 Å². The highest BCUT2D eigenvalue weighted by atomic mass is 19.4. The maximum Gasteiger partial charge on any atom is 0.391 e. The van der Waals surface area contributed by atoms with Gasteiger partial charge in [0.2, 0.25) is 5.82 Å². The third-order valence-electron chi connectivity index (χ3n) is 2.35. The Kier molecular flexibility index (Phi) is 5.12. The minimum absolute atomic E-state index is 0.176. The summed E-state index contributed by atoms with van der Waals surface area (Å²) in [5.74, 6) is 0.185. The van der Waals surface area contributed by atoms with E-state index in [1.807, 2.05) is 6.92 Å². The van der Waals surface area contributed by atoms with Gasteiger partial charge in [0, 0.05) is 18.7 Å². The highest BCUT2D eigenvalue weighted by molar-refractivity contribution is 5.60. The molecule has 0 spiro atoms. The van der Waals surface area contributed by atoms with Gasteiger partial charge in [0.15, 0.2) is 0 Å². The van der Waals surface area contributed by atoms with Crippen molar-refractivity contribution in [3.05, 3.63) is 22.2 Å². The van der Waals surface area contributed by atoms with Gasteiger partial charge in [-0.1, -0.05) is 0 Å². The first-order valence-corrected chi connectivity index (χ1v) is 5.95. The lowest BCUT2D eigenvalue weighted by Gasteiger charge is -2.16. The highest BCUT2D eigenvalue weighted by Gasteiger charge is 2.31. The van der Waals surface area contributed by atoms with Crippen LogP contribution >= 0.6 is 0 Å². The molecule has 0 amide bonds. The van der Waals surface area contributed by atoms with Crippen LogP contribution in [0.25, 0.3) is 0 Å². The third kappa shape index (κ3) is 4.90. The largest absolute Gasteiger partial charge is 0.391 e. The van der Waals surface area contributed by atoms with E-state index < -0.39 is 23.6 Å². The summed E-state index contributed by atoms with van der Waals surface area (Å²) >= 11 is 0. The van der Waals surface area contributed by atoms with Crippen molar-refractivity contribution in [1.82, 2.24) is 4.98 Å². The number of hydrogen-bond donors (Lipinski definition) is 2. The van der Waals surface area contributed by atoms with E-state index in [0.29, 0.717) is 12.4 Å². The van der Waals surface area contributed by atoms with Crippen molar-refractivity contribution in [1.29, 1.82) is 0 Å². The Labute approximate surface area is 113 Å². The molecule has 0 saturated carbocycles. The van der Waals surface area contributed by atoms with Crippen molar-refractivity contribution in [2.75, 3.05) is 17.2 Å². The molecular formula is C11H15F3N4O2. The molecule has 0 bridgehead atoms. The molecule has 1 atom stereocenters. The van der Waals surface area contributed by atoms with Crippen LogP contribution in [0, 0.1) is 10.1 Å². The zero-order chi connectivity index (χ0) is 15.3. The Balaban J connectivity index is 2.95. The number of aromatic nitrogens is 1. The minimum Gasteiger partial charge on any atom is -0.370 e. The topological polar surface area (TPSA) is 80.1 Å². The highest BCUT2D eigenvalue weighted by Crippen LogP contribution is 2.27. The molecule has 6 nitrogen and oxygen atoms in total. The fraction of sp³-hybridized carbons (Fsp3) is 0.545. The second-order valence-electron chi connectivity index (χ2n) is 4.22. The van der Waals surface area contributed by atoms with Crippen molar-refractivity contribution >= 4 is 17.3 Å². The Morgan fingerprint density at radius 3 is 2.60 bits per heavy atom. The summed E-state index contributed by atoms with van der Waals surface area (Å²) in [6, 6.07) is 1.59. The number of alkyl halides is 3. The molecule has 0 saturated heterocycles. The smallest absolute Gasteiger partial charge is 0.370 e. The summed E-state index contributed by atoms with van der Waals surface area (Å²) < 4.78 is 36.8. The van der Waals surface area contributed by atoms with Crippen LogP contribution in [0.15, 0.2) is 12.1 Å². The van der Waals surface area contributed by atoms with Gasteiger partial charge < -0.3 is 10.6 Å². The molecule has 20 heavy (non-hydrogen) atoms. The molecule has 0 fully saturated rings. The van der Waals surface area contributed by atoms with Gasteiger partial charge in [-0.15, -0.1) is 0 Å². The standard InChI is InChI=1S/C11H15F3N4O2/c1-3-15-9-5-4-8(18(19)20)10(17-9)16-7(2)6-11(12,13)14/h4-5,7H,3,6H2,1-2H3,(H2,15,16,17). The Bertz CT molecular complexity index is 479. The molecule has 1 aromatic heterocycles. The van der Waals surface area contributed by atoms with Crippen LogP contribution in [0.2, 0.25) is 0 Å². The van der Waals surface area contributed by atoms with Gasteiger partial charge in [-0.25, -0.2) is 4.98 Å². The number of hydrogen-bond acceptors (Lipinski definition) is 5. The van der Waals surface area contributed by atoms with Crippen LogP contribution in [0.1, 0.15) is 20.3 Å². The monoisotopic (exact) mass is 292 g/mol. The molecule has 0 aromatic carbocycles. The molecule has 9 heteroatoms. The van der Waals surface area contributed by atoms with E-state index in [0.717, 1.165) is 0 Å². The lowest BCUT2D eigenvalue weighted by Crippen LogP contribution is -2.24. The predicted octanol–water partition coefficient (Wildman–Crippen LogP) is 3.17. The summed E-state index contributed by atoms with van der Waals surface area (Å²) in [6.07, 6.45) is -5.45. The average Bonchev–Trinajstić information content (AvgIpc) is 2.26. The van der Waals surface area contributed by atoms with E-state index in [2.05, 4.69) is 15.6 Å². The Morgan fingerprint density at radius 1 is 1.45 bits per heavy atom. The summed E-state index contributed by atoms with van der Waals surface area (Å²) in [5, 5.41) is 16.1. The maximum absolute atomic E-state index is 12.3. The Morgan fingerprint density at radius 2 is 2.10 bits per heavy atom. The maximum atomic E-state index is 12.3. The van der Waals surface area contributed by atoms with Gasteiger partial charge in [0.1, 0.15) is 5.82 Å². The number of anilines is 2. The van der Waals surface area contributed by atoms with E-state index >= 15 is 0 Å². The zero-order valence-electron chi connectivity index (χ0n) is 11.0. The first kappa shape index (κ1) is 16.0. The zero-order valence-corrected chi connectivity index (χ0v) is 11.0. The van der Waals surface area contributed by atoms with Gasteiger partial charge in [-0.05, 0) is 19.9 Å². The average molecular weight is 292 g/mol. The summed E-state index contributed by atoms with van der Waals surface area (Å²) in [6.45, 7) is 3.64. The van der Waals surface area contributed by atoms with Crippen LogP contribution in [0.3, 0.4) is 0 Å². The van der Waals surface area contributed by atoms with E-state index in [1.54, 1.807) is 0 Å². The van der Waals surface area contributed by atoms with Gasteiger partial charge >= 0.3 is 11.9 Å². The first-order chi connectivity index (χ1) is 9.23. The van der Waals surface area contributed by atoms with E-state index in [4.69, 9.17) is 0 Å². The molecule has 0 aliphatic heterocycles. The van der Waals surface area contributed by atoms with Gasteiger partial charge in [-0.3, -0.25) is 10.1 Å². The van der Waals surface area contributed by atoms with Gasteiger partial charge in [0.25, 0.3) is 0 Å². The number of nitrogens with zero attached hydrogens (tertiary/aromatic N) is 2. The lowest BCUT2D eigenvalue weighted by atomic mass is 10.2. The summed E-state index contributed by atoms with van der Waals surface area (Å²) in [4.78, 5) is 14.1. The number of rotatable bonds is 6.